The first kappa shape index (κ1) is 15.5. The Bertz CT molecular complexity index is 373. The van der Waals surface area contributed by atoms with Crippen LogP contribution in [0.1, 0.15) is 34.1 Å². The number of hydrogen-bond donors (Lipinski definition) is 0. The molecule has 0 aromatic rings. The number of hydrogen-bond acceptors (Lipinski definition) is 1. The van der Waals surface area contributed by atoms with Crippen molar-refractivity contribution >= 4 is 9.04 Å². The highest BCUT2D eigenvalue weighted by Crippen LogP contribution is 2.48. The average Bonchev–Trinajstić information content (AvgIpc) is 2.54. The average molecular weight is 263 g/mol. The van der Waals surface area contributed by atoms with Crippen LogP contribution in [0.4, 0.5) is 0 Å². The number of rotatable bonds is 4. The molecule has 0 fully saturated rings. The molecular formula is C16H27OSi. The van der Waals surface area contributed by atoms with E-state index in [4.69, 9.17) is 4.43 Å². The summed E-state index contributed by atoms with van der Waals surface area (Å²) in [6, 6.07) is 0. The fourth-order valence-electron chi connectivity index (χ4n) is 2.47. The predicted molar refractivity (Wildman–Crippen MR) is 82.0 cm³/mol. The van der Waals surface area contributed by atoms with Crippen molar-refractivity contribution in [1.82, 2.24) is 0 Å². The topological polar surface area (TPSA) is 9.23 Å². The zero-order valence-corrected chi connectivity index (χ0v) is 13.8. The standard InChI is InChI=1S/C16H27OSi/c1-9-12(2)14-11-16(10-13(14)3,15(4,5)6)17-18(7)8/h9,11-12H,1,3,10H2,2,4-8H3. The molecular weight excluding hydrogens is 236 g/mol. The molecule has 1 aliphatic rings. The highest BCUT2D eigenvalue weighted by atomic mass is 28.3. The summed E-state index contributed by atoms with van der Waals surface area (Å²) < 4.78 is 6.39. The van der Waals surface area contributed by atoms with Gasteiger partial charge >= 0.3 is 0 Å². The van der Waals surface area contributed by atoms with Gasteiger partial charge in [-0.2, -0.15) is 0 Å². The first-order valence-electron chi connectivity index (χ1n) is 6.65. The molecule has 0 heterocycles. The van der Waals surface area contributed by atoms with Gasteiger partial charge in [0.25, 0.3) is 0 Å². The van der Waals surface area contributed by atoms with Gasteiger partial charge in [-0.05, 0) is 41.6 Å². The fraction of sp³-hybridized carbons (Fsp3) is 0.625. The second-order valence-electron chi connectivity index (χ2n) is 6.55. The van der Waals surface area contributed by atoms with Crippen LogP contribution in [-0.2, 0) is 4.43 Å². The monoisotopic (exact) mass is 263 g/mol. The zero-order chi connectivity index (χ0) is 14.1. The summed E-state index contributed by atoms with van der Waals surface area (Å²) in [6.07, 6.45) is 5.22. The predicted octanol–water partition coefficient (Wildman–Crippen LogP) is 4.75. The largest absolute Gasteiger partial charge is 0.407 e. The van der Waals surface area contributed by atoms with E-state index in [0.29, 0.717) is 5.92 Å². The molecule has 0 aromatic carbocycles. The Balaban J connectivity index is 3.20. The molecule has 2 heteroatoms. The molecule has 1 nitrogen and oxygen atoms in total. The lowest BCUT2D eigenvalue weighted by atomic mass is 9.76. The van der Waals surface area contributed by atoms with Crippen LogP contribution in [0.25, 0.3) is 0 Å². The van der Waals surface area contributed by atoms with Crippen LogP contribution in [0.2, 0.25) is 13.1 Å². The summed E-state index contributed by atoms with van der Waals surface area (Å²) in [6.45, 7) is 21.5. The van der Waals surface area contributed by atoms with Gasteiger partial charge in [-0.25, -0.2) is 0 Å². The van der Waals surface area contributed by atoms with Crippen molar-refractivity contribution in [2.75, 3.05) is 0 Å². The Morgan fingerprint density at radius 3 is 2.39 bits per heavy atom. The Morgan fingerprint density at radius 2 is 2.00 bits per heavy atom. The minimum absolute atomic E-state index is 0.0838. The van der Waals surface area contributed by atoms with Gasteiger partial charge in [-0.3, -0.25) is 0 Å². The summed E-state index contributed by atoms with van der Waals surface area (Å²) >= 11 is 0. The van der Waals surface area contributed by atoms with E-state index in [1.165, 1.54) is 11.1 Å². The van der Waals surface area contributed by atoms with Crippen molar-refractivity contribution in [3.63, 3.8) is 0 Å². The van der Waals surface area contributed by atoms with E-state index < -0.39 is 9.04 Å². The normalized spacial score (nSPS) is 26.4. The third-order valence-corrected chi connectivity index (χ3v) is 4.55. The van der Waals surface area contributed by atoms with Gasteiger partial charge in [-0.15, -0.1) is 6.58 Å². The summed E-state index contributed by atoms with van der Waals surface area (Å²) in [5.41, 5.74) is 2.42. The molecule has 0 saturated heterocycles. The van der Waals surface area contributed by atoms with E-state index in [1.54, 1.807) is 0 Å². The van der Waals surface area contributed by atoms with Gasteiger partial charge in [0.15, 0.2) is 0 Å². The Kier molecular flexibility index (Phi) is 4.45. The van der Waals surface area contributed by atoms with Gasteiger partial charge in [0.2, 0.25) is 9.04 Å². The third-order valence-electron chi connectivity index (χ3n) is 3.77. The van der Waals surface area contributed by atoms with Crippen molar-refractivity contribution in [2.24, 2.45) is 11.3 Å². The molecule has 101 valence electrons. The maximum Gasteiger partial charge on any atom is 0.206 e. The number of allylic oxidation sites excluding steroid dienone is 2. The SMILES string of the molecule is C=CC(C)C1=CC(O[Si](C)C)(C(C)(C)C)CC1=C. The Labute approximate surface area is 114 Å². The fourth-order valence-corrected chi connectivity index (χ4v) is 3.63. The van der Waals surface area contributed by atoms with E-state index in [2.05, 4.69) is 60.0 Å². The third kappa shape index (κ3) is 2.86. The summed E-state index contributed by atoms with van der Waals surface area (Å²) in [5.74, 6) is 0.356. The molecule has 0 saturated carbocycles. The van der Waals surface area contributed by atoms with Gasteiger partial charge in [0, 0.05) is 6.42 Å². The van der Waals surface area contributed by atoms with Crippen molar-refractivity contribution < 1.29 is 4.43 Å². The molecule has 18 heavy (non-hydrogen) atoms. The zero-order valence-electron chi connectivity index (χ0n) is 12.8. The lowest BCUT2D eigenvalue weighted by molar-refractivity contribution is 0.0154. The highest BCUT2D eigenvalue weighted by Gasteiger charge is 2.46. The first-order valence-corrected chi connectivity index (χ1v) is 9.06. The van der Waals surface area contributed by atoms with Crippen LogP contribution in [0.15, 0.2) is 36.5 Å². The van der Waals surface area contributed by atoms with E-state index in [-0.39, 0.29) is 11.0 Å². The Morgan fingerprint density at radius 1 is 1.44 bits per heavy atom. The van der Waals surface area contributed by atoms with Gasteiger partial charge in [0.1, 0.15) is 0 Å². The maximum atomic E-state index is 6.39. The molecule has 2 unspecified atom stereocenters. The van der Waals surface area contributed by atoms with Crippen molar-refractivity contribution in [3.8, 4) is 0 Å². The van der Waals surface area contributed by atoms with E-state index in [1.807, 2.05) is 6.08 Å². The summed E-state index contributed by atoms with van der Waals surface area (Å²) in [4.78, 5) is 0. The van der Waals surface area contributed by atoms with Crippen molar-refractivity contribution in [2.45, 2.75) is 52.8 Å². The highest BCUT2D eigenvalue weighted by molar-refractivity contribution is 6.48. The van der Waals surface area contributed by atoms with Crippen LogP contribution in [-0.4, -0.2) is 14.6 Å². The smallest absolute Gasteiger partial charge is 0.206 e. The summed E-state index contributed by atoms with van der Waals surface area (Å²) in [7, 11) is -0.747. The lowest BCUT2D eigenvalue weighted by Gasteiger charge is -2.42. The molecule has 0 aliphatic heterocycles. The van der Waals surface area contributed by atoms with Crippen molar-refractivity contribution in [3.05, 3.63) is 36.5 Å². The van der Waals surface area contributed by atoms with Gasteiger partial charge in [0.05, 0.1) is 5.60 Å². The molecule has 1 aliphatic carbocycles. The molecule has 2 atom stereocenters. The molecule has 1 radical (unpaired) electrons. The first-order chi connectivity index (χ1) is 8.13. The van der Waals surface area contributed by atoms with Crippen molar-refractivity contribution in [1.29, 1.82) is 0 Å². The molecule has 0 bridgehead atoms. The Hall–Kier alpha value is -0.603. The van der Waals surface area contributed by atoms with Crippen LogP contribution >= 0.6 is 0 Å². The molecule has 0 N–H and O–H groups in total. The minimum atomic E-state index is -0.747. The van der Waals surface area contributed by atoms with Crippen LogP contribution in [0, 0.1) is 11.3 Å². The van der Waals surface area contributed by atoms with E-state index in [9.17, 15) is 0 Å². The van der Waals surface area contributed by atoms with Crippen LogP contribution < -0.4 is 0 Å². The molecule has 0 aromatic heterocycles. The molecule has 1 rings (SSSR count). The maximum absolute atomic E-state index is 6.39. The lowest BCUT2D eigenvalue weighted by Crippen LogP contribution is -2.45. The second kappa shape index (κ2) is 5.18. The molecule has 0 spiro atoms. The summed E-state index contributed by atoms with van der Waals surface area (Å²) in [5, 5.41) is 0. The quantitative estimate of drug-likeness (QED) is 0.525. The van der Waals surface area contributed by atoms with Crippen LogP contribution in [0.5, 0.6) is 0 Å². The van der Waals surface area contributed by atoms with Gasteiger partial charge < -0.3 is 4.43 Å². The molecule has 0 amide bonds. The van der Waals surface area contributed by atoms with E-state index >= 15 is 0 Å². The second-order valence-corrected chi connectivity index (χ2v) is 8.57. The minimum Gasteiger partial charge on any atom is -0.407 e. The van der Waals surface area contributed by atoms with Crippen LogP contribution in [0.3, 0.4) is 0 Å². The van der Waals surface area contributed by atoms with E-state index in [0.717, 1.165) is 6.42 Å². The van der Waals surface area contributed by atoms with Gasteiger partial charge in [-0.1, -0.05) is 40.3 Å².